The Bertz CT molecular complexity index is 582. The highest BCUT2D eigenvalue weighted by molar-refractivity contribution is 6.15. The molecule has 0 saturated heterocycles. The van der Waals surface area contributed by atoms with Gasteiger partial charge in [0.2, 0.25) is 0 Å². The maximum absolute atomic E-state index is 10.8. The van der Waals surface area contributed by atoms with Crippen molar-refractivity contribution in [2.75, 3.05) is 0 Å². The molecule has 0 fully saturated rings. The molecule has 0 aliphatic heterocycles. The number of hydrogen-bond acceptors (Lipinski definition) is 1. The first-order valence-corrected chi connectivity index (χ1v) is 5.01. The van der Waals surface area contributed by atoms with E-state index >= 15 is 0 Å². The van der Waals surface area contributed by atoms with Gasteiger partial charge >= 0.3 is 5.97 Å². The van der Waals surface area contributed by atoms with Gasteiger partial charge in [-0.15, -0.1) is 0 Å². The zero-order valence-corrected chi connectivity index (χ0v) is 9.03. The smallest absolute Gasteiger partial charge is 0.335 e. The summed E-state index contributed by atoms with van der Waals surface area (Å²) in [5, 5.41) is 11.0. The third kappa shape index (κ3) is 1.82. The molecule has 1 N–H and O–H groups in total. The Balaban J connectivity index is 2.57. The van der Waals surface area contributed by atoms with E-state index in [0.717, 1.165) is 10.8 Å². The zero-order chi connectivity index (χ0) is 11.7. The van der Waals surface area contributed by atoms with Crippen LogP contribution in [0.1, 0.15) is 11.1 Å². The molecule has 2 aromatic rings. The van der Waals surface area contributed by atoms with E-state index < -0.39 is 5.97 Å². The van der Waals surface area contributed by atoms with Gasteiger partial charge < -0.3 is 5.11 Å². The first-order valence-electron chi connectivity index (χ1n) is 5.01. The van der Waals surface area contributed by atoms with Crippen LogP contribution in [-0.4, -0.2) is 11.1 Å². The molecule has 0 saturated carbocycles. The maximum Gasteiger partial charge on any atom is 0.335 e. The highest BCUT2D eigenvalue weighted by Crippen LogP contribution is 2.21. The van der Waals surface area contributed by atoms with Crippen LogP contribution in [0.5, 0.6) is 0 Å². The number of fused-ring (bicyclic) bond motifs is 1. The Labute approximate surface area is 93.8 Å². The lowest BCUT2D eigenvalue weighted by molar-refractivity contribution is -0.130. The minimum Gasteiger partial charge on any atom is -0.478 e. The fourth-order valence-electron chi connectivity index (χ4n) is 1.68. The number of aliphatic carboxylic acids is 1. The van der Waals surface area contributed by atoms with Gasteiger partial charge in [0.25, 0.3) is 0 Å². The number of rotatable bonds is 2. The Morgan fingerprint density at radius 1 is 1.12 bits per heavy atom. The zero-order valence-electron chi connectivity index (χ0n) is 9.03. The number of carbonyl (C=O) groups is 1. The summed E-state index contributed by atoms with van der Waals surface area (Å²) in [4.78, 5) is 10.8. The second-order valence-electron chi connectivity index (χ2n) is 3.85. The van der Waals surface area contributed by atoms with Crippen molar-refractivity contribution in [3.05, 3.63) is 54.1 Å². The van der Waals surface area contributed by atoms with Crippen LogP contribution in [0.25, 0.3) is 16.3 Å². The van der Waals surface area contributed by atoms with Crippen molar-refractivity contribution in [3.63, 3.8) is 0 Å². The van der Waals surface area contributed by atoms with Gasteiger partial charge in [0.05, 0.1) is 5.57 Å². The van der Waals surface area contributed by atoms with Gasteiger partial charge in [0, 0.05) is 0 Å². The van der Waals surface area contributed by atoms with Gasteiger partial charge in [-0.05, 0) is 29.3 Å². The van der Waals surface area contributed by atoms with E-state index in [9.17, 15) is 4.79 Å². The first-order chi connectivity index (χ1) is 7.58. The molecule has 80 valence electrons. The van der Waals surface area contributed by atoms with Crippen LogP contribution in [0.3, 0.4) is 0 Å². The van der Waals surface area contributed by atoms with Crippen LogP contribution < -0.4 is 0 Å². The van der Waals surface area contributed by atoms with Crippen molar-refractivity contribution < 1.29 is 9.90 Å². The molecule has 2 nitrogen and oxygen atoms in total. The number of aryl methyl sites for hydroxylation is 1. The molecule has 0 heterocycles. The topological polar surface area (TPSA) is 37.3 Å². The van der Waals surface area contributed by atoms with Gasteiger partial charge in [-0.25, -0.2) is 4.79 Å². The van der Waals surface area contributed by atoms with E-state index in [0.29, 0.717) is 5.56 Å². The lowest BCUT2D eigenvalue weighted by atomic mass is 10.0. The van der Waals surface area contributed by atoms with E-state index in [1.807, 2.05) is 31.2 Å². The molecule has 2 heteroatoms. The van der Waals surface area contributed by atoms with Crippen LogP contribution in [0, 0.1) is 6.92 Å². The van der Waals surface area contributed by atoms with Crippen molar-refractivity contribution in [2.45, 2.75) is 6.92 Å². The van der Waals surface area contributed by atoms with E-state index in [1.54, 1.807) is 6.07 Å². The van der Waals surface area contributed by atoms with Gasteiger partial charge in [0.1, 0.15) is 0 Å². The molecule has 2 aromatic carbocycles. The second kappa shape index (κ2) is 3.81. The molecule has 0 amide bonds. The summed E-state index contributed by atoms with van der Waals surface area (Å²) in [5.41, 5.74) is 1.98. The van der Waals surface area contributed by atoms with Crippen LogP contribution >= 0.6 is 0 Å². The average Bonchev–Trinajstić information content (AvgIpc) is 2.27. The van der Waals surface area contributed by atoms with Gasteiger partial charge in [-0.1, -0.05) is 42.5 Å². The van der Waals surface area contributed by atoms with Gasteiger partial charge in [-0.3, -0.25) is 0 Å². The highest BCUT2D eigenvalue weighted by Gasteiger charge is 2.07. The molecule has 2 rings (SSSR count). The summed E-state index contributed by atoms with van der Waals surface area (Å²) in [6.07, 6.45) is 0. The van der Waals surface area contributed by atoms with Crippen LogP contribution in [-0.2, 0) is 4.79 Å². The van der Waals surface area contributed by atoms with Crippen molar-refractivity contribution in [3.8, 4) is 0 Å². The Kier molecular flexibility index (Phi) is 2.49. The molecule has 0 aromatic heterocycles. The molecule has 0 aliphatic rings. The molecule has 0 atom stereocenters. The van der Waals surface area contributed by atoms with E-state index in [1.165, 1.54) is 5.56 Å². The predicted molar refractivity (Wildman–Crippen MR) is 65.4 cm³/mol. The quantitative estimate of drug-likeness (QED) is 0.776. The molecular weight excluding hydrogens is 200 g/mol. The Morgan fingerprint density at radius 2 is 1.75 bits per heavy atom. The van der Waals surface area contributed by atoms with Crippen molar-refractivity contribution in [1.29, 1.82) is 0 Å². The summed E-state index contributed by atoms with van der Waals surface area (Å²) in [7, 11) is 0. The van der Waals surface area contributed by atoms with E-state index in [-0.39, 0.29) is 5.57 Å². The minimum absolute atomic E-state index is 0.127. The van der Waals surface area contributed by atoms with Crippen LogP contribution in [0.2, 0.25) is 0 Å². The van der Waals surface area contributed by atoms with Gasteiger partial charge in [0.15, 0.2) is 0 Å². The predicted octanol–water partition coefficient (Wildman–Crippen LogP) is 3.25. The summed E-state index contributed by atoms with van der Waals surface area (Å²) in [6.45, 7) is 5.58. The Hall–Kier alpha value is -2.09. The average molecular weight is 212 g/mol. The standard InChI is InChI=1S/C14H12O2/c1-9-3-4-13-8-11(10(2)14(15)16)5-6-12(13)7-9/h3-8H,2H2,1H3,(H,15,16). The summed E-state index contributed by atoms with van der Waals surface area (Å²) in [5.74, 6) is -0.980. The van der Waals surface area contributed by atoms with Gasteiger partial charge in [-0.2, -0.15) is 0 Å². The van der Waals surface area contributed by atoms with Crippen LogP contribution in [0.15, 0.2) is 43.0 Å². The van der Waals surface area contributed by atoms with Crippen LogP contribution in [0.4, 0.5) is 0 Å². The molecular formula is C14H12O2. The van der Waals surface area contributed by atoms with E-state index in [4.69, 9.17) is 5.11 Å². The fourth-order valence-corrected chi connectivity index (χ4v) is 1.68. The number of hydrogen-bond donors (Lipinski definition) is 1. The third-order valence-corrected chi connectivity index (χ3v) is 2.60. The number of benzene rings is 2. The number of carboxylic acids is 1. The molecule has 0 radical (unpaired) electrons. The fraction of sp³-hybridized carbons (Fsp3) is 0.0714. The third-order valence-electron chi connectivity index (χ3n) is 2.60. The lowest BCUT2D eigenvalue weighted by Crippen LogP contribution is -1.97. The van der Waals surface area contributed by atoms with Crippen molar-refractivity contribution in [2.24, 2.45) is 0 Å². The summed E-state index contributed by atoms with van der Waals surface area (Å²) in [6, 6.07) is 11.6. The van der Waals surface area contributed by atoms with E-state index in [2.05, 4.69) is 12.6 Å². The van der Waals surface area contributed by atoms with Crippen molar-refractivity contribution in [1.82, 2.24) is 0 Å². The van der Waals surface area contributed by atoms with Crippen molar-refractivity contribution >= 4 is 22.3 Å². The Morgan fingerprint density at radius 3 is 2.44 bits per heavy atom. The highest BCUT2D eigenvalue weighted by atomic mass is 16.4. The minimum atomic E-state index is -0.980. The largest absolute Gasteiger partial charge is 0.478 e. The normalized spacial score (nSPS) is 10.3. The SMILES string of the molecule is C=C(C(=O)O)c1ccc2cc(C)ccc2c1. The molecule has 0 bridgehead atoms. The summed E-state index contributed by atoms with van der Waals surface area (Å²) >= 11 is 0. The monoisotopic (exact) mass is 212 g/mol. The second-order valence-corrected chi connectivity index (χ2v) is 3.85. The number of carboxylic acid groups (broad SMARTS) is 1. The molecule has 16 heavy (non-hydrogen) atoms. The molecule has 0 spiro atoms. The first kappa shape index (κ1) is 10.4. The summed E-state index contributed by atoms with van der Waals surface area (Å²) < 4.78 is 0. The molecule has 0 aliphatic carbocycles. The lowest BCUT2D eigenvalue weighted by Gasteiger charge is -2.04. The molecule has 0 unspecified atom stereocenters. The maximum atomic E-state index is 10.8.